The van der Waals surface area contributed by atoms with Crippen LogP contribution in [0.5, 0.6) is 11.5 Å². The van der Waals surface area contributed by atoms with E-state index in [0.29, 0.717) is 39.6 Å². The number of hydrazone groups is 1. The summed E-state index contributed by atoms with van der Waals surface area (Å²) >= 11 is 7.38. The van der Waals surface area contributed by atoms with Gasteiger partial charge in [-0.25, -0.2) is 4.98 Å². The third-order valence-corrected chi connectivity index (χ3v) is 5.38. The van der Waals surface area contributed by atoms with Gasteiger partial charge >= 0.3 is 5.97 Å². The zero-order valence-electron chi connectivity index (χ0n) is 18.5. The molecule has 0 saturated carbocycles. The first-order valence-electron chi connectivity index (χ1n) is 10.2. The second-order valence-corrected chi connectivity index (χ2v) is 7.99. The number of para-hydroxylation sites is 1. The number of carbonyl (C=O) groups is 2. The molecule has 0 aliphatic rings. The number of aromatic nitrogens is 1. The van der Waals surface area contributed by atoms with Crippen LogP contribution in [0.25, 0.3) is 0 Å². The summed E-state index contributed by atoms with van der Waals surface area (Å²) in [4.78, 5) is 28.0. The van der Waals surface area contributed by atoms with Gasteiger partial charge in [-0.15, -0.1) is 11.3 Å². The number of nitrogens with zero attached hydrogens (tertiary/aromatic N) is 2. The van der Waals surface area contributed by atoms with Crippen molar-refractivity contribution in [2.75, 3.05) is 31.1 Å². The van der Waals surface area contributed by atoms with E-state index in [-0.39, 0.29) is 24.9 Å². The van der Waals surface area contributed by atoms with Gasteiger partial charge in [-0.3, -0.25) is 15.0 Å². The van der Waals surface area contributed by atoms with Crippen LogP contribution in [0.15, 0.2) is 52.9 Å². The van der Waals surface area contributed by atoms with Crippen LogP contribution in [0.3, 0.4) is 0 Å². The molecule has 0 aliphatic carbocycles. The third kappa shape index (κ3) is 7.46. The van der Waals surface area contributed by atoms with E-state index >= 15 is 0 Å². The van der Waals surface area contributed by atoms with Gasteiger partial charge in [-0.1, -0.05) is 23.7 Å². The summed E-state index contributed by atoms with van der Waals surface area (Å²) in [6, 6.07) is 12.1. The molecule has 34 heavy (non-hydrogen) atoms. The molecule has 3 rings (SSSR count). The van der Waals surface area contributed by atoms with E-state index in [1.807, 2.05) is 0 Å². The Morgan fingerprint density at radius 2 is 2.03 bits per heavy atom. The Labute approximate surface area is 205 Å². The topological polar surface area (TPSA) is 111 Å². The molecule has 0 unspecified atom stereocenters. The van der Waals surface area contributed by atoms with Gasteiger partial charge in [0.25, 0.3) is 5.91 Å². The summed E-state index contributed by atoms with van der Waals surface area (Å²) in [5.41, 5.74) is 4.69. The number of anilines is 2. The standard InChI is InChI=1S/C23H23ClN4O5S/c1-3-32-22(30)11-16-14-34-23(26-16)28-25-12-15-8-9-19(20(10-15)31-2)33-13-21(29)27-18-7-5-4-6-17(18)24/h4-10,12,14H,3,11,13H2,1-2H3,(H,26,28)(H,27,29). The van der Waals surface area contributed by atoms with E-state index in [1.165, 1.54) is 18.4 Å². The first kappa shape index (κ1) is 25.0. The largest absolute Gasteiger partial charge is 0.493 e. The molecule has 2 aromatic carbocycles. The zero-order chi connectivity index (χ0) is 24.3. The summed E-state index contributed by atoms with van der Waals surface area (Å²) in [6.45, 7) is 1.88. The van der Waals surface area contributed by atoms with E-state index in [1.54, 1.807) is 61.0 Å². The smallest absolute Gasteiger partial charge is 0.311 e. The zero-order valence-corrected chi connectivity index (χ0v) is 20.1. The molecule has 3 aromatic rings. The number of thiazole rings is 1. The maximum atomic E-state index is 12.2. The van der Waals surface area contributed by atoms with E-state index in [9.17, 15) is 9.59 Å². The fraction of sp³-hybridized carbons (Fsp3) is 0.217. The van der Waals surface area contributed by atoms with Gasteiger partial charge in [0.2, 0.25) is 5.13 Å². The molecule has 11 heteroatoms. The molecule has 1 heterocycles. The average molecular weight is 503 g/mol. The maximum Gasteiger partial charge on any atom is 0.311 e. The van der Waals surface area contributed by atoms with E-state index in [4.69, 9.17) is 25.8 Å². The molecule has 0 spiro atoms. The molecule has 9 nitrogen and oxygen atoms in total. The van der Waals surface area contributed by atoms with Crippen molar-refractivity contribution in [1.82, 2.24) is 4.98 Å². The molecule has 0 fully saturated rings. The van der Waals surface area contributed by atoms with Gasteiger partial charge < -0.3 is 19.5 Å². The highest BCUT2D eigenvalue weighted by atomic mass is 35.5. The third-order valence-electron chi connectivity index (χ3n) is 4.25. The first-order chi connectivity index (χ1) is 16.5. The molecular formula is C23H23ClN4O5S. The highest BCUT2D eigenvalue weighted by molar-refractivity contribution is 7.13. The van der Waals surface area contributed by atoms with Crippen LogP contribution >= 0.6 is 22.9 Å². The summed E-state index contributed by atoms with van der Waals surface area (Å²) in [5, 5.41) is 9.61. The van der Waals surface area contributed by atoms with Crippen molar-refractivity contribution < 1.29 is 23.8 Å². The van der Waals surface area contributed by atoms with E-state index in [0.717, 1.165) is 5.56 Å². The molecule has 0 atom stereocenters. The number of carbonyl (C=O) groups excluding carboxylic acids is 2. The van der Waals surface area contributed by atoms with Crippen molar-refractivity contribution in [2.24, 2.45) is 5.10 Å². The number of hydrogen-bond donors (Lipinski definition) is 2. The lowest BCUT2D eigenvalue weighted by atomic mass is 10.2. The van der Waals surface area contributed by atoms with Crippen LogP contribution in [0.4, 0.5) is 10.8 Å². The number of hydrogen-bond acceptors (Lipinski definition) is 9. The highest BCUT2D eigenvalue weighted by Crippen LogP contribution is 2.28. The summed E-state index contributed by atoms with van der Waals surface area (Å²) in [6.07, 6.45) is 1.70. The minimum absolute atomic E-state index is 0.116. The van der Waals surface area contributed by atoms with Crippen molar-refractivity contribution in [1.29, 1.82) is 0 Å². The molecule has 0 saturated heterocycles. The van der Waals surface area contributed by atoms with Crippen LogP contribution < -0.4 is 20.2 Å². The van der Waals surface area contributed by atoms with Crippen LogP contribution in [-0.4, -0.2) is 43.4 Å². The van der Waals surface area contributed by atoms with Crippen LogP contribution in [0.1, 0.15) is 18.2 Å². The molecule has 178 valence electrons. The van der Waals surface area contributed by atoms with Gasteiger partial charge in [-0.05, 0) is 42.8 Å². The average Bonchev–Trinajstić information content (AvgIpc) is 3.26. The Morgan fingerprint density at radius 3 is 2.79 bits per heavy atom. The van der Waals surface area contributed by atoms with Crippen molar-refractivity contribution >= 4 is 51.8 Å². The van der Waals surface area contributed by atoms with Crippen LogP contribution in [0.2, 0.25) is 5.02 Å². The Bertz CT molecular complexity index is 1170. The van der Waals surface area contributed by atoms with Gasteiger partial charge in [0.1, 0.15) is 0 Å². The van der Waals surface area contributed by atoms with Gasteiger partial charge in [0.15, 0.2) is 18.1 Å². The van der Waals surface area contributed by atoms with Crippen molar-refractivity contribution in [3.63, 3.8) is 0 Å². The first-order valence-corrected chi connectivity index (χ1v) is 11.5. The summed E-state index contributed by atoms with van der Waals surface area (Å²) in [7, 11) is 1.51. The number of benzene rings is 2. The van der Waals surface area contributed by atoms with E-state index < -0.39 is 0 Å². The fourth-order valence-electron chi connectivity index (χ4n) is 2.74. The predicted molar refractivity (Wildman–Crippen MR) is 132 cm³/mol. The molecule has 0 aliphatic heterocycles. The highest BCUT2D eigenvalue weighted by Gasteiger charge is 2.10. The number of ether oxygens (including phenoxy) is 3. The quantitative estimate of drug-likeness (QED) is 0.227. The second kappa shape index (κ2) is 12.6. The number of halogens is 1. The Morgan fingerprint density at radius 1 is 1.21 bits per heavy atom. The molecule has 1 amide bonds. The van der Waals surface area contributed by atoms with Gasteiger partial charge in [-0.2, -0.15) is 5.10 Å². The Hall–Kier alpha value is -3.63. The monoisotopic (exact) mass is 502 g/mol. The van der Waals surface area contributed by atoms with Gasteiger partial charge in [0.05, 0.1) is 42.8 Å². The number of nitrogens with one attached hydrogen (secondary N) is 2. The normalized spacial score (nSPS) is 10.7. The minimum atomic E-state index is -0.351. The molecule has 2 N–H and O–H groups in total. The fourth-order valence-corrected chi connectivity index (χ4v) is 3.58. The predicted octanol–water partition coefficient (Wildman–Crippen LogP) is 4.37. The molecule has 0 radical (unpaired) electrons. The SMILES string of the molecule is CCOC(=O)Cc1csc(NN=Cc2ccc(OCC(=O)Nc3ccccc3Cl)c(OC)c2)n1. The summed E-state index contributed by atoms with van der Waals surface area (Å²) in [5.74, 6) is 0.181. The van der Waals surface area contributed by atoms with Crippen LogP contribution in [0, 0.1) is 0 Å². The molecular weight excluding hydrogens is 480 g/mol. The maximum absolute atomic E-state index is 12.2. The Balaban J connectivity index is 1.53. The van der Waals surface area contributed by atoms with Crippen molar-refractivity contribution in [2.45, 2.75) is 13.3 Å². The molecule has 0 bridgehead atoms. The van der Waals surface area contributed by atoms with Gasteiger partial charge in [0, 0.05) is 5.38 Å². The van der Waals surface area contributed by atoms with E-state index in [2.05, 4.69) is 20.8 Å². The second-order valence-electron chi connectivity index (χ2n) is 6.72. The molecule has 1 aromatic heterocycles. The summed E-state index contributed by atoms with van der Waals surface area (Å²) < 4.78 is 15.9. The van der Waals surface area contributed by atoms with Crippen molar-refractivity contribution in [3.05, 3.63) is 64.1 Å². The Kier molecular flexibility index (Phi) is 9.24. The number of esters is 1. The number of amides is 1. The van der Waals surface area contributed by atoms with Crippen LogP contribution in [-0.2, 0) is 20.7 Å². The lowest BCUT2D eigenvalue weighted by molar-refractivity contribution is -0.142. The number of rotatable bonds is 11. The number of methoxy groups -OCH3 is 1. The van der Waals surface area contributed by atoms with Crippen molar-refractivity contribution in [3.8, 4) is 11.5 Å². The lowest BCUT2D eigenvalue weighted by Gasteiger charge is -2.12. The minimum Gasteiger partial charge on any atom is -0.493 e. The lowest BCUT2D eigenvalue weighted by Crippen LogP contribution is -2.20.